The lowest BCUT2D eigenvalue weighted by Crippen LogP contribution is -2.25. The Morgan fingerprint density at radius 1 is 1.09 bits per heavy atom. The van der Waals surface area contributed by atoms with Crippen LogP contribution in [0.2, 0.25) is 0 Å². The number of halogens is 1. The van der Waals surface area contributed by atoms with Gasteiger partial charge in [-0.2, -0.15) is 0 Å². The summed E-state index contributed by atoms with van der Waals surface area (Å²) in [5.74, 6) is -0.195. The maximum Gasteiger partial charge on any atom is 0.220 e. The van der Waals surface area contributed by atoms with Gasteiger partial charge in [-0.1, -0.05) is 30.3 Å². The first kappa shape index (κ1) is 15.3. The number of carbonyl (C=O) groups is 1. The molecule has 0 unspecified atom stereocenters. The van der Waals surface area contributed by atoms with E-state index in [1.54, 1.807) is 6.07 Å². The Labute approximate surface area is 134 Å². The minimum absolute atomic E-state index is 0.0553. The molecule has 0 fully saturated rings. The predicted molar refractivity (Wildman–Crippen MR) is 89.7 cm³/mol. The summed E-state index contributed by atoms with van der Waals surface area (Å²) in [4.78, 5) is 14.9. The van der Waals surface area contributed by atoms with E-state index in [0.29, 0.717) is 13.0 Å². The van der Waals surface area contributed by atoms with Crippen LogP contribution in [0, 0.1) is 5.82 Å². The van der Waals surface area contributed by atoms with Crippen LogP contribution in [0.1, 0.15) is 17.5 Å². The van der Waals surface area contributed by atoms with Crippen molar-refractivity contribution in [2.45, 2.75) is 19.3 Å². The molecule has 0 aliphatic heterocycles. The smallest absolute Gasteiger partial charge is 0.220 e. The van der Waals surface area contributed by atoms with Gasteiger partial charge in [0.15, 0.2) is 0 Å². The number of aromatic amines is 1. The molecule has 0 bridgehead atoms. The van der Waals surface area contributed by atoms with Crippen molar-refractivity contribution in [2.75, 3.05) is 6.54 Å². The van der Waals surface area contributed by atoms with Crippen LogP contribution in [0.3, 0.4) is 0 Å². The van der Waals surface area contributed by atoms with Gasteiger partial charge in [-0.05, 0) is 42.2 Å². The Kier molecular flexibility index (Phi) is 4.71. The van der Waals surface area contributed by atoms with Crippen molar-refractivity contribution in [3.8, 4) is 0 Å². The lowest BCUT2D eigenvalue weighted by atomic mass is 10.1. The fourth-order valence-electron chi connectivity index (χ4n) is 2.69. The summed E-state index contributed by atoms with van der Waals surface area (Å²) in [6.07, 6.45) is 3.84. The van der Waals surface area contributed by atoms with Gasteiger partial charge in [-0.25, -0.2) is 4.39 Å². The largest absolute Gasteiger partial charge is 0.361 e. The molecule has 4 heteroatoms. The van der Waals surface area contributed by atoms with E-state index in [1.165, 1.54) is 17.7 Å². The number of aromatic nitrogens is 1. The molecule has 0 aliphatic rings. The van der Waals surface area contributed by atoms with Gasteiger partial charge in [-0.3, -0.25) is 4.79 Å². The quantitative estimate of drug-likeness (QED) is 0.718. The molecule has 0 aliphatic carbocycles. The standard InChI is InChI=1S/C19H19FN2O/c20-16-7-8-17-15(13-22-18(17)12-16)10-11-21-19(23)9-6-14-4-2-1-3-5-14/h1-5,7-8,12-13,22H,6,9-11H2,(H,21,23). The minimum atomic E-state index is -0.250. The Hall–Kier alpha value is -2.62. The van der Waals surface area contributed by atoms with Gasteiger partial charge in [0, 0.05) is 30.1 Å². The lowest BCUT2D eigenvalue weighted by molar-refractivity contribution is -0.121. The van der Waals surface area contributed by atoms with Gasteiger partial charge in [0.25, 0.3) is 0 Å². The van der Waals surface area contributed by atoms with Crippen molar-refractivity contribution in [1.82, 2.24) is 10.3 Å². The molecule has 0 saturated carbocycles. The second kappa shape index (κ2) is 7.09. The number of fused-ring (bicyclic) bond motifs is 1. The van der Waals surface area contributed by atoms with Gasteiger partial charge in [-0.15, -0.1) is 0 Å². The molecule has 118 valence electrons. The highest BCUT2D eigenvalue weighted by molar-refractivity contribution is 5.83. The zero-order chi connectivity index (χ0) is 16.1. The van der Waals surface area contributed by atoms with Crippen LogP contribution in [-0.4, -0.2) is 17.4 Å². The number of rotatable bonds is 6. The number of hydrogen-bond donors (Lipinski definition) is 2. The van der Waals surface area contributed by atoms with E-state index in [-0.39, 0.29) is 11.7 Å². The third-order valence-electron chi connectivity index (χ3n) is 3.93. The Morgan fingerprint density at radius 3 is 2.74 bits per heavy atom. The molecule has 1 amide bonds. The average Bonchev–Trinajstić information content (AvgIpc) is 2.96. The molecule has 23 heavy (non-hydrogen) atoms. The Balaban J connectivity index is 1.47. The SMILES string of the molecule is O=C(CCc1ccccc1)NCCc1c[nH]c2cc(F)ccc12. The summed E-state index contributed by atoms with van der Waals surface area (Å²) in [6.45, 7) is 0.581. The van der Waals surface area contributed by atoms with Gasteiger partial charge in [0.05, 0.1) is 0 Å². The minimum Gasteiger partial charge on any atom is -0.361 e. The first-order valence-electron chi connectivity index (χ1n) is 7.78. The molecule has 2 N–H and O–H groups in total. The molecular weight excluding hydrogens is 291 g/mol. The maximum absolute atomic E-state index is 13.2. The van der Waals surface area contributed by atoms with Gasteiger partial charge in [0.1, 0.15) is 5.82 Å². The summed E-state index contributed by atoms with van der Waals surface area (Å²) in [5.41, 5.74) is 3.04. The van der Waals surface area contributed by atoms with Crippen molar-refractivity contribution in [3.63, 3.8) is 0 Å². The van der Waals surface area contributed by atoms with Crippen molar-refractivity contribution in [3.05, 3.63) is 71.7 Å². The molecule has 0 atom stereocenters. The van der Waals surface area contributed by atoms with E-state index in [1.807, 2.05) is 36.5 Å². The molecule has 3 nitrogen and oxygen atoms in total. The summed E-state index contributed by atoms with van der Waals surface area (Å²) in [6, 6.07) is 14.7. The van der Waals surface area contributed by atoms with Crippen molar-refractivity contribution < 1.29 is 9.18 Å². The highest BCUT2D eigenvalue weighted by atomic mass is 19.1. The zero-order valence-electron chi connectivity index (χ0n) is 12.8. The van der Waals surface area contributed by atoms with Crippen LogP contribution in [0.25, 0.3) is 10.9 Å². The highest BCUT2D eigenvalue weighted by Crippen LogP contribution is 2.19. The summed E-state index contributed by atoms with van der Waals surface area (Å²) < 4.78 is 13.2. The predicted octanol–water partition coefficient (Wildman–Crippen LogP) is 3.60. The molecule has 0 spiro atoms. The van der Waals surface area contributed by atoms with E-state index in [9.17, 15) is 9.18 Å². The number of aryl methyl sites for hydroxylation is 1. The molecule has 3 rings (SSSR count). The average molecular weight is 310 g/mol. The number of amides is 1. The number of hydrogen-bond acceptors (Lipinski definition) is 1. The lowest BCUT2D eigenvalue weighted by Gasteiger charge is -2.05. The maximum atomic E-state index is 13.2. The highest BCUT2D eigenvalue weighted by Gasteiger charge is 2.06. The molecule has 1 heterocycles. The van der Waals surface area contributed by atoms with Crippen LogP contribution < -0.4 is 5.32 Å². The number of nitrogens with one attached hydrogen (secondary N) is 2. The zero-order valence-corrected chi connectivity index (χ0v) is 12.8. The first-order valence-corrected chi connectivity index (χ1v) is 7.78. The third-order valence-corrected chi connectivity index (χ3v) is 3.93. The van der Waals surface area contributed by atoms with E-state index in [0.717, 1.165) is 29.3 Å². The summed E-state index contributed by atoms with van der Waals surface area (Å²) >= 11 is 0. The molecule has 0 radical (unpaired) electrons. The number of benzene rings is 2. The monoisotopic (exact) mass is 310 g/mol. The second-order valence-corrected chi connectivity index (χ2v) is 5.59. The van der Waals surface area contributed by atoms with Crippen LogP contribution in [0.4, 0.5) is 4.39 Å². The number of H-pyrrole nitrogens is 1. The summed E-state index contributed by atoms with van der Waals surface area (Å²) in [7, 11) is 0. The van der Waals surface area contributed by atoms with Crippen LogP contribution in [0.15, 0.2) is 54.7 Å². The van der Waals surface area contributed by atoms with Gasteiger partial charge >= 0.3 is 0 Å². The van der Waals surface area contributed by atoms with Gasteiger partial charge < -0.3 is 10.3 Å². The third kappa shape index (κ3) is 3.97. The van der Waals surface area contributed by atoms with E-state index >= 15 is 0 Å². The Bertz CT molecular complexity index is 795. The summed E-state index contributed by atoms with van der Waals surface area (Å²) in [5, 5.41) is 3.94. The molecule has 0 saturated heterocycles. The van der Waals surface area contributed by atoms with E-state index in [2.05, 4.69) is 10.3 Å². The normalized spacial score (nSPS) is 10.8. The Morgan fingerprint density at radius 2 is 1.91 bits per heavy atom. The first-order chi connectivity index (χ1) is 11.2. The van der Waals surface area contributed by atoms with Crippen LogP contribution in [-0.2, 0) is 17.6 Å². The molecular formula is C19H19FN2O. The van der Waals surface area contributed by atoms with Crippen LogP contribution >= 0.6 is 0 Å². The van der Waals surface area contributed by atoms with Crippen molar-refractivity contribution in [1.29, 1.82) is 0 Å². The fraction of sp³-hybridized carbons (Fsp3) is 0.211. The number of carbonyl (C=O) groups excluding carboxylic acids is 1. The molecule has 1 aromatic heterocycles. The molecule has 2 aromatic carbocycles. The van der Waals surface area contributed by atoms with Crippen LogP contribution in [0.5, 0.6) is 0 Å². The van der Waals surface area contributed by atoms with Crippen molar-refractivity contribution in [2.24, 2.45) is 0 Å². The van der Waals surface area contributed by atoms with E-state index < -0.39 is 0 Å². The van der Waals surface area contributed by atoms with Gasteiger partial charge in [0.2, 0.25) is 5.91 Å². The van der Waals surface area contributed by atoms with E-state index in [4.69, 9.17) is 0 Å². The second-order valence-electron chi connectivity index (χ2n) is 5.59. The van der Waals surface area contributed by atoms with Crippen molar-refractivity contribution >= 4 is 16.8 Å². The topological polar surface area (TPSA) is 44.9 Å². The fourth-order valence-corrected chi connectivity index (χ4v) is 2.69. The molecule has 3 aromatic rings.